The molecule has 0 radical (unpaired) electrons. The van der Waals surface area contributed by atoms with Crippen LogP contribution in [0, 0.1) is 5.82 Å². The molecule has 3 aliphatic rings. The van der Waals surface area contributed by atoms with E-state index in [9.17, 15) is 9.50 Å². The van der Waals surface area contributed by atoms with E-state index in [1.54, 1.807) is 12.1 Å². The Balaban J connectivity index is 1.45. The summed E-state index contributed by atoms with van der Waals surface area (Å²) < 4.78 is 18.9. The third kappa shape index (κ3) is 3.72. The van der Waals surface area contributed by atoms with Crippen molar-refractivity contribution < 1.29 is 14.0 Å². The van der Waals surface area contributed by atoms with Crippen molar-refractivity contribution in [2.24, 2.45) is 0 Å². The van der Waals surface area contributed by atoms with Crippen molar-refractivity contribution in [1.82, 2.24) is 25.0 Å². The zero-order valence-corrected chi connectivity index (χ0v) is 17.0. The Hall–Kier alpha value is -3.11. The Morgan fingerprint density at radius 3 is 2.55 bits per heavy atom. The summed E-state index contributed by atoms with van der Waals surface area (Å²) in [7, 11) is 0. The molecule has 2 aromatic heterocycles. The van der Waals surface area contributed by atoms with Gasteiger partial charge in [0.15, 0.2) is 5.82 Å². The molecule has 0 aliphatic carbocycles. The highest BCUT2D eigenvalue weighted by atomic mass is 19.1. The maximum Gasteiger partial charge on any atom is 0.263 e. The molecule has 0 spiro atoms. The number of aromatic nitrogens is 4. The average molecular weight is 425 g/mol. The second kappa shape index (κ2) is 7.86. The summed E-state index contributed by atoms with van der Waals surface area (Å²) in [5, 5.41) is 17.4. The third-order valence-electron chi connectivity index (χ3n) is 6.42. The Morgan fingerprint density at radius 2 is 1.87 bits per heavy atom. The van der Waals surface area contributed by atoms with E-state index >= 15 is 0 Å². The van der Waals surface area contributed by atoms with Gasteiger partial charge in [0.1, 0.15) is 17.2 Å². The van der Waals surface area contributed by atoms with Crippen LogP contribution >= 0.6 is 0 Å². The van der Waals surface area contributed by atoms with Gasteiger partial charge in [-0.25, -0.2) is 9.37 Å². The number of aliphatic hydroxyl groups excluding tert-OH is 1. The number of halogens is 1. The van der Waals surface area contributed by atoms with Gasteiger partial charge in [0.05, 0.1) is 12.6 Å². The van der Waals surface area contributed by atoms with Crippen molar-refractivity contribution in [3.05, 3.63) is 47.7 Å². The third-order valence-corrected chi connectivity index (χ3v) is 6.42. The Bertz CT molecular complexity index is 1050. The number of piperidine rings is 3. The lowest BCUT2D eigenvalue weighted by molar-refractivity contribution is 0.0747. The molecule has 6 rings (SSSR count). The average Bonchev–Trinajstić information content (AvgIpc) is 3.30. The van der Waals surface area contributed by atoms with Crippen molar-refractivity contribution in [3.8, 4) is 11.5 Å². The highest BCUT2D eigenvalue weighted by Gasteiger charge is 2.44. The van der Waals surface area contributed by atoms with Gasteiger partial charge in [0, 0.05) is 11.6 Å². The fourth-order valence-electron chi connectivity index (χ4n) is 4.47. The summed E-state index contributed by atoms with van der Waals surface area (Å²) in [6.07, 6.45) is 4.59. The predicted octanol–water partition coefficient (Wildman–Crippen LogP) is 2.13. The summed E-state index contributed by atoms with van der Waals surface area (Å²) in [4.78, 5) is 15.5. The van der Waals surface area contributed by atoms with E-state index < -0.39 is 6.04 Å². The van der Waals surface area contributed by atoms with Crippen LogP contribution in [0.3, 0.4) is 0 Å². The van der Waals surface area contributed by atoms with Gasteiger partial charge in [-0.05, 0) is 56.6 Å². The number of nitrogens with two attached hydrogens (primary N) is 1. The molecule has 2 bridgehead atoms. The Kier molecular flexibility index (Phi) is 5.03. The monoisotopic (exact) mass is 425 g/mol. The number of fused-ring (bicyclic) bond motifs is 3. The first-order valence-electron chi connectivity index (χ1n) is 10.4. The molecule has 3 aromatic rings. The molecule has 1 aromatic carbocycles. The van der Waals surface area contributed by atoms with Gasteiger partial charge in [-0.1, -0.05) is 17.3 Å². The molecule has 3 saturated heterocycles. The van der Waals surface area contributed by atoms with Crippen LogP contribution < -0.4 is 11.1 Å². The fourth-order valence-corrected chi connectivity index (χ4v) is 4.47. The van der Waals surface area contributed by atoms with Gasteiger partial charge in [0.2, 0.25) is 5.95 Å². The lowest BCUT2D eigenvalue weighted by Crippen LogP contribution is -2.51. The normalized spacial score (nSPS) is 23.6. The van der Waals surface area contributed by atoms with Gasteiger partial charge in [0.25, 0.3) is 5.89 Å². The van der Waals surface area contributed by atoms with Gasteiger partial charge >= 0.3 is 0 Å². The van der Waals surface area contributed by atoms with Crippen molar-refractivity contribution in [2.75, 3.05) is 37.3 Å². The molecule has 5 heterocycles. The van der Waals surface area contributed by atoms with Crippen LogP contribution in [0.15, 0.2) is 35.0 Å². The topological polar surface area (TPSA) is 126 Å². The molecule has 0 saturated carbocycles. The Labute approximate surface area is 178 Å². The maximum absolute atomic E-state index is 13.3. The number of hydrogen-bond donors (Lipinski definition) is 3. The molecule has 3 aliphatic heterocycles. The molecule has 0 amide bonds. The molecular formula is C21H24FN7O2. The number of anilines is 2. The smallest absolute Gasteiger partial charge is 0.263 e. The van der Waals surface area contributed by atoms with Crippen molar-refractivity contribution in [1.29, 1.82) is 0 Å². The first-order valence-corrected chi connectivity index (χ1v) is 10.4. The SMILES string of the molecule is Nc1ncc(-c2nc(C34CCN(CC3)CC4)no2)c(N[C@H](CO)c2ccc(F)cc2)n1. The zero-order valence-electron chi connectivity index (χ0n) is 17.0. The minimum absolute atomic E-state index is 0.0412. The van der Waals surface area contributed by atoms with Crippen molar-refractivity contribution >= 4 is 11.8 Å². The van der Waals surface area contributed by atoms with Crippen LogP contribution in [0.5, 0.6) is 0 Å². The number of aliphatic hydroxyl groups is 1. The summed E-state index contributed by atoms with van der Waals surface area (Å²) in [5.74, 6) is 1.11. The van der Waals surface area contributed by atoms with Crippen LogP contribution in [-0.4, -0.2) is 56.4 Å². The van der Waals surface area contributed by atoms with Crippen LogP contribution in [0.2, 0.25) is 0 Å². The molecule has 10 heteroatoms. The quantitative estimate of drug-likeness (QED) is 0.544. The molecule has 9 nitrogen and oxygen atoms in total. The molecule has 1 atom stereocenters. The summed E-state index contributed by atoms with van der Waals surface area (Å²) in [6, 6.07) is 5.36. The number of nitrogens with one attached hydrogen (secondary N) is 1. The van der Waals surface area contributed by atoms with Crippen LogP contribution in [0.4, 0.5) is 16.2 Å². The number of nitrogens with zero attached hydrogens (tertiary/aromatic N) is 5. The second-order valence-electron chi connectivity index (χ2n) is 8.22. The van der Waals surface area contributed by atoms with E-state index in [1.165, 1.54) is 18.3 Å². The van der Waals surface area contributed by atoms with Gasteiger partial charge in [-0.2, -0.15) is 9.97 Å². The van der Waals surface area contributed by atoms with Crippen LogP contribution in [0.1, 0.15) is 36.7 Å². The first-order chi connectivity index (χ1) is 15.1. The highest BCUT2D eigenvalue weighted by molar-refractivity contribution is 5.69. The van der Waals surface area contributed by atoms with E-state index in [4.69, 9.17) is 15.2 Å². The number of rotatable bonds is 6. The molecule has 3 fully saturated rings. The minimum atomic E-state index is -0.530. The van der Waals surface area contributed by atoms with Crippen molar-refractivity contribution in [3.63, 3.8) is 0 Å². The van der Waals surface area contributed by atoms with Crippen LogP contribution in [0.25, 0.3) is 11.5 Å². The van der Waals surface area contributed by atoms with E-state index in [0.717, 1.165) is 44.7 Å². The molecular weight excluding hydrogens is 401 g/mol. The number of hydrogen-bond acceptors (Lipinski definition) is 9. The van der Waals surface area contributed by atoms with E-state index in [2.05, 4.69) is 25.3 Å². The summed E-state index contributed by atoms with van der Waals surface area (Å²) in [5.41, 5.74) is 6.96. The lowest BCUT2D eigenvalue weighted by atomic mass is 9.71. The molecule has 162 valence electrons. The van der Waals surface area contributed by atoms with Gasteiger partial charge in [-0.15, -0.1) is 0 Å². The number of benzene rings is 1. The van der Waals surface area contributed by atoms with E-state index in [0.29, 0.717) is 22.8 Å². The predicted molar refractivity (Wildman–Crippen MR) is 112 cm³/mol. The molecule has 31 heavy (non-hydrogen) atoms. The maximum atomic E-state index is 13.3. The largest absolute Gasteiger partial charge is 0.394 e. The Morgan fingerprint density at radius 1 is 1.16 bits per heavy atom. The van der Waals surface area contributed by atoms with E-state index in [-0.39, 0.29) is 23.8 Å². The summed E-state index contributed by atoms with van der Waals surface area (Å²) >= 11 is 0. The summed E-state index contributed by atoms with van der Waals surface area (Å²) in [6.45, 7) is 2.93. The lowest BCUT2D eigenvalue weighted by Gasteiger charge is -2.46. The van der Waals surface area contributed by atoms with Gasteiger partial charge < -0.3 is 25.6 Å². The standard InChI is InChI=1S/C21H24FN7O2/c22-14-3-1-13(2-4-14)16(12-30)25-17-15(11-24-20(23)26-17)18-27-19(28-31-18)21-5-8-29(9-6-21)10-7-21/h1-4,11,16,30H,5-10,12H2,(H3,23,24,25,26)/t16-/m1/s1. The zero-order chi connectivity index (χ0) is 21.4. The second-order valence-corrected chi connectivity index (χ2v) is 8.22. The molecule has 0 unspecified atom stereocenters. The molecule has 4 N–H and O–H groups in total. The highest BCUT2D eigenvalue weighted by Crippen LogP contribution is 2.42. The van der Waals surface area contributed by atoms with Gasteiger partial charge in [-0.3, -0.25) is 0 Å². The van der Waals surface area contributed by atoms with E-state index in [1.807, 2.05) is 0 Å². The number of nitrogen functional groups attached to an aromatic ring is 1. The fraction of sp³-hybridized carbons (Fsp3) is 0.429. The van der Waals surface area contributed by atoms with Crippen molar-refractivity contribution in [2.45, 2.75) is 30.7 Å². The van der Waals surface area contributed by atoms with Crippen LogP contribution in [-0.2, 0) is 5.41 Å². The first kappa shape index (κ1) is 19.8. The minimum Gasteiger partial charge on any atom is -0.394 e.